The fourth-order valence-electron chi connectivity index (χ4n) is 3.24. The Bertz CT molecular complexity index is 875. The molecule has 0 bridgehead atoms. The van der Waals surface area contributed by atoms with Crippen molar-refractivity contribution in [3.05, 3.63) is 46.0 Å². The van der Waals surface area contributed by atoms with E-state index < -0.39 is 0 Å². The van der Waals surface area contributed by atoms with Gasteiger partial charge in [-0.25, -0.2) is 4.98 Å². The Morgan fingerprint density at radius 3 is 2.78 bits per heavy atom. The van der Waals surface area contributed by atoms with Crippen molar-refractivity contribution in [3.63, 3.8) is 0 Å². The minimum atomic E-state index is -0.314. The number of aromatic nitrogens is 2. The summed E-state index contributed by atoms with van der Waals surface area (Å²) in [5.41, 5.74) is 2.77. The van der Waals surface area contributed by atoms with Crippen LogP contribution < -0.4 is 10.6 Å². The molecule has 0 fully saturated rings. The quantitative estimate of drug-likeness (QED) is 0.813. The summed E-state index contributed by atoms with van der Waals surface area (Å²) in [7, 11) is 0. The molecule has 2 aromatic rings. The van der Waals surface area contributed by atoms with Crippen molar-refractivity contribution < 1.29 is 9.59 Å². The van der Waals surface area contributed by atoms with E-state index >= 15 is 0 Å². The molecule has 6 nitrogen and oxygen atoms in total. The molecule has 1 unspecified atom stereocenters. The van der Waals surface area contributed by atoms with Gasteiger partial charge in [-0.3, -0.25) is 9.59 Å². The molecule has 1 aliphatic heterocycles. The van der Waals surface area contributed by atoms with Crippen LogP contribution in [0.4, 0.5) is 5.69 Å². The number of fused-ring (bicyclic) bond motifs is 1. The van der Waals surface area contributed by atoms with Crippen molar-refractivity contribution in [3.8, 4) is 0 Å². The summed E-state index contributed by atoms with van der Waals surface area (Å²) >= 11 is 5.98. The molecule has 27 heavy (non-hydrogen) atoms. The molecule has 0 saturated carbocycles. The molecule has 7 heteroatoms. The molecule has 144 valence electrons. The van der Waals surface area contributed by atoms with Gasteiger partial charge in [-0.15, -0.1) is 0 Å². The lowest BCUT2D eigenvalue weighted by molar-refractivity contribution is 0.0933. The predicted molar refractivity (Wildman–Crippen MR) is 107 cm³/mol. The third-order valence-corrected chi connectivity index (χ3v) is 5.20. The number of amides is 2. The van der Waals surface area contributed by atoms with E-state index in [1.165, 1.54) is 0 Å². The summed E-state index contributed by atoms with van der Waals surface area (Å²) in [5.74, 6) is -0.240. The Balaban J connectivity index is 1.90. The lowest BCUT2D eigenvalue weighted by atomic mass is 10.1. The molecule has 1 atom stereocenters. The molecule has 1 aromatic carbocycles. The summed E-state index contributed by atoms with van der Waals surface area (Å²) < 4.78 is 1.88. The van der Waals surface area contributed by atoms with Crippen LogP contribution in [0.3, 0.4) is 0 Å². The highest BCUT2D eigenvalue weighted by Gasteiger charge is 2.28. The molecule has 0 spiro atoms. The number of benzene rings is 1. The maximum absolute atomic E-state index is 12.9. The standard InChI is InChI=1S/C20H25ClN4O2/c1-4-13(3)22-19(26)17-16-7-5-6-10-25(16)18(24-17)20(27)23-15-9-8-14(21)11-12(15)2/h8-9,11,13H,4-7,10H2,1-3H3,(H,22,26)(H,23,27). The zero-order chi connectivity index (χ0) is 19.6. The number of imidazole rings is 1. The molecular weight excluding hydrogens is 364 g/mol. The smallest absolute Gasteiger partial charge is 0.291 e. The van der Waals surface area contributed by atoms with Crippen LogP contribution in [0.5, 0.6) is 0 Å². The second-order valence-electron chi connectivity index (χ2n) is 7.04. The predicted octanol–water partition coefficient (Wildman–Crippen LogP) is 3.96. The van der Waals surface area contributed by atoms with Crippen molar-refractivity contribution >= 4 is 29.1 Å². The van der Waals surface area contributed by atoms with Crippen molar-refractivity contribution in [2.24, 2.45) is 0 Å². The summed E-state index contributed by atoms with van der Waals surface area (Å²) in [6.45, 7) is 6.55. The van der Waals surface area contributed by atoms with Gasteiger partial charge in [0, 0.05) is 23.3 Å². The van der Waals surface area contributed by atoms with Crippen molar-refractivity contribution in [1.82, 2.24) is 14.9 Å². The van der Waals surface area contributed by atoms with Crippen LogP contribution in [0.15, 0.2) is 18.2 Å². The molecule has 2 amide bonds. The van der Waals surface area contributed by atoms with Crippen LogP contribution in [0.25, 0.3) is 0 Å². The number of carbonyl (C=O) groups excluding carboxylic acids is 2. The van der Waals surface area contributed by atoms with Gasteiger partial charge in [0.1, 0.15) is 5.69 Å². The lowest BCUT2D eigenvalue weighted by Crippen LogP contribution is -2.33. The SMILES string of the molecule is CCC(C)NC(=O)c1nc(C(=O)Nc2ccc(Cl)cc2C)n2c1CCCC2. The van der Waals surface area contributed by atoms with E-state index in [9.17, 15) is 9.59 Å². The first-order valence-electron chi connectivity index (χ1n) is 9.38. The fourth-order valence-corrected chi connectivity index (χ4v) is 3.46. The first kappa shape index (κ1) is 19.4. The zero-order valence-corrected chi connectivity index (χ0v) is 16.7. The Hall–Kier alpha value is -2.34. The molecule has 0 radical (unpaired) electrons. The first-order chi connectivity index (χ1) is 12.9. The normalized spacial score (nSPS) is 14.4. The van der Waals surface area contributed by atoms with Gasteiger partial charge in [-0.1, -0.05) is 18.5 Å². The van der Waals surface area contributed by atoms with Gasteiger partial charge in [0.05, 0.1) is 5.69 Å². The number of halogens is 1. The molecule has 2 N–H and O–H groups in total. The Morgan fingerprint density at radius 2 is 2.07 bits per heavy atom. The highest BCUT2D eigenvalue weighted by atomic mass is 35.5. The van der Waals surface area contributed by atoms with E-state index in [0.717, 1.165) is 36.9 Å². The van der Waals surface area contributed by atoms with Crippen molar-refractivity contribution in [2.75, 3.05) is 5.32 Å². The first-order valence-corrected chi connectivity index (χ1v) is 9.76. The molecular formula is C20H25ClN4O2. The van der Waals surface area contributed by atoms with Gasteiger partial charge in [-0.2, -0.15) is 0 Å². The van der Waals surface area contributed by atoms with Crippen molar-refractivity contribution in [2.45, 2.75) is 59.0 Å². The highest BCUT2D eigenvalue weighted by molar-refractivity contribution is 6.30. The number of carbonyl (C=O) groups is 2. The number of nitrogens with one attached hydrogen (secondary N) is 2. The number of nitrogens with zero attached hydrogens (tertiary/aromatic N) is 2. The van der Waals surface area contributed by atoms with Crippen LogP contribution in [-0.4, -0.2) is 27.4 Å². The number of anilines is 1. The molecule has 2 heterocycles. The minimum Gasteiger partial charge on any atom is -0.348 e. The molecule has 1 aliphatic rings. The largest absolute Gasteiger partial charge is 0.348 e. The summed E-state index contributed by atoms with van der Waals surface area (Å²) in [5, 5.41) is 6.47. The van der Waals surface area contributed by atoms with E-state index in [-0.39, 0.29) is 23.7 Å². The lowest BCUT2D eigenvalue weighted by Gasteiger charge is -2.17. The van der Waals surface area contributed by atoms with Gasteiger partial charge in [0.25, 0.3) is 11.8 Å². The van der Waals surface area contributed by atoms with E-state index in [2.05, 4.69) is 15.6 Å². The summed E-state index contributed by atoms with van der Waals surface area (Å²) in [6, 6.07) is 5.36. The third-order valence-electron chi connectivity index (χ3n) is 4.96. The van der Waals surface area contributed by atoms with E-state index in [1.54, 1.807) is 18.2 Å². The highest BCUT2D eigenvalue weighted by Crippen LogP contribution is 2.24. The molecule has 3 rings (SSSR count). The van der Waals surface area contributed by atoms with Gasteiger partial charge < -0.3 is 15.2 Å². The van der Waals surface area contributed by atoms with E-state index in [0.29, 0.717) is 22.9 Å². The average Bonchev–Trinajstić information content (AvgIpc) is 3.04. The van der Waals surface area contributed by atoms with Gasteiger partial charge in [0.2, 0.25) is 0 Å². The monoisotopic (exact) mass is 388 g/mol. The van der Waals surface area contributed by atoms with E-state index in [1.807, 2.05) is 25.3 Å². The Kier molecular flexibility index (Phi) is 5.85. The zero-order valence-electron chi connectivity index (χ0n) is 15.9. The van der Waals surface area contributed by atoms with Crippen molar-refractivity contribution in [1.29, 1.82) is 0 Å². The Morgan fingerprint density at radius 1 is 1.30 bits per heavy atom. The van der Waals surface area contributed by atoms with Crippen LogP contribution >= 0.6 is 11.6 Å². The average molecular weight is 389 g/mol. The maximum Gasteiger partial charge on any atom is 0.291 e. The second-order valence-corrected chi connectivity index (χ2v) is 7.47. The Labute approximate surface area is 164 Å². The third kappa shape index (κ3) is 4.16. The number of aryl methyl sites for hydroxylation is 1. The minimum absolute atomic E-state index is 0.0624. The maximum atomic E-state index is 12.9. The van der Waals surface area contributed by atoms with Crippen LogP contribution in [-0.2, 0) is 13.0 Å². The van der Waals surface area contributed by atoms with E-state index in [4.69, 9.17) is 11.6 Å². The molecule has 0 saturated heterocycles. The van der Waals surface area contributed by atoms with Gasteiger partial charge in [-0.05, 0) is 63.3 Å². The summed E-state index contributed by atoms with van der Waals surface area (Å²) in [6.07, 6.45) is 3.55. The van der Waals surface area contributed by atoms with Crippen LogP contribution in [0.2, 0.25) is 5.02 Å². The summed E-state index contributed by atoms with van der Waals surface area (Å²) in [4.78, 5) is 30.0. The van der Waals surface area contributed by atoms with Crippen LogP contribution in [0.1, 0.15) is 65.5 Å². The number of rotatable bonds is 5. The van der Waals surface area contributed by atoms with Gasteiger partial charge in [0.15, 0.2) is 5.82 Å². The number of hydrogen-bond donors (Lipinski definition) is 2. The second kappa shape index (κ2) is 8.13. The van der Waals surface area contributed by atoms with Crippen LogP contribution in [0, 0.1) is 6.92 Å². The fraction of sp³-hybridized carbons (Fsp3) is 0.450. The molecule has 1 aromatic heterocycles. The molecule has 0 aliphatic carbocycles. The topological polar surface area (TPSA) is 76.0 Å². The van der Waals surface area contributed by atoms with Gasteiger partial charge >= 0.3 is 0 Å². The number of hydrogen-bond acceptors (Lipinski definition) is 3.